The number of aliphatic imine (C=N–C) groups is 1. The van der Waals surface area contributed by atoms with Gasteiger partial charge in [0.2, 0.25) is 0 Å². The minimum atomic E-state index is 0.236. The molecule has 0 bridgehead atoms. The molecular formula is C10H22N2. The van der Waals surface area contributed by atoms with Crippen LogP contribution in [0.1, 0.15) is 34.1 Å². The van der Waals surface area contributed by atoms with Crippen molar-refractivity contribution in [1.82, 2.24) is 4.90 Å². The lowest BCUT2D eigenvalue weighted by Gasteiger charge is -2.40. The molecule has 0 fully saturated rings. The summed E-state index contributed by atoms with van der Waals surface area (Å²) >= 11 is 0. The fraction of sp³-hybridized carbons (Fsp3) is 0.900. The third kappa shape index (κ3) is 2.23. The quantitative estimate of drug-likeness (QED) is 0.467. The van der Waals surface area contributed by atoms with Gasteiger partial charge >= 0.3 is 0 Å². The zero-order chi connectivity index (χ0) is 9.78. The van der Waals surface area contributed by atoms with Gasteiger partial charge in [0.05, 0.1) is 6.34 Å². The first-order chi connectivity index (χ1) is 5.49. The second-order valence-electron chi connectivity index (χ2n) is 3.85. The first-order valence-corrected chi connectivity index (χ1v) is 4.64. The van der Waals surface area contributed by atoms with Crippen LogP contribution in [0, 0.1) is 5.92 Å². The summed E-state index contributed by atoms with van der Waals surface area (Å²) in [7, 11) is 3.91. The lowest BCUT2D eigenvalue weighted by molar-refractivity contribution is 0.157. The summed E-state index contributed by atoms with van der Waals surface area (Å²) in [4.78, 5) is 6.24. The van der Waals surface area contributed by atoms with Crippen molar-refractivity contribution in [3.05, 3.63) is 0 Å². The average Bonchev–Trinajstić information content (AvgIpc) is 2.03. The Balaban J connectivity index is 4.50. The summed E-state index contributed by atoms with van der Waals surface area (Å²) in [6.45, 7) is 9.01. The number of nitrogens with zero attached hydrogens (tertiary/aromatic N) is 2. The van der Waals surface area contributed by atoms with E-state index in [0.29, 0.717) is 5.92 Å². The van der Waals surface area contributed by atoms with Gasteiger partial charge in [0.1, 0.15) is 0 Å². The molecule has 0 aromatic heterocycles. The average molecular weight is 170 g/mol. The van der Waals surface area contributed by atoms with Crippen LogP contribution < -0.4 is 0 Å². The summed E-state index contributed by atoms with van der Waals surface area (Å²) in [6, 6.07) is 0. The fourth-order valence-electron chi connectivity index (χ4n) is 1.37. The van der Waals surface area contributed by atoms with Gasteiger partial charge in [-0.1, -0.05) is 20.8 Å². The van der Waals surface area contributed by atoms with Crippen molar-refractivity contribution in [3.8, 4) is 0 Å². The van der Waals surface area contributed by atoms with Crippen LogP contribution in [0.4, 0.5) is 0 Å². The number of hydrogen-bond acceptors (Lipinski definition) is 1. The molecule has 1 unspecified atom stereocenters. The van der Waals surface area contributed by atoms with E-state index in [4.69, 9.17) is 0 Å². The Labute approximate surface area is 76.7 Å². The highest BCUT2D eigenvalue weighted by atomic mass is 15.2. The molecule has 2 nitrogen and oxygen atoms in total. The molecule has 0 N–H and O–H groups in total. The van der Waals surface area contributed by atoms with Crippen LogP contribution in [0.15, 0.2) is 4.99 Å². The van der Waals surface area contributed by atoms with Crippen molar-refractivity contribution < 1.29 is 0 Å². The molecule has 0 aromatic carbocycles. The van der Waals surface area contributed by atoms with Crippen LogP contribution in [0.25, 0.3) is 0 Å². The minimum absolute atomic E-state index is 0.236. The molecule has 72 valence electrons. The van der Waals surface area contributed by atoms with Crippen LogP contribution >= 0.6 is 0 Å². The number of rotatable bonds is 4. The van der Waals surface area contributed by atoms with Crippen molar-refractivity contribution in [3.63, 3.8) is 0 Å². The third-order valence-corrected chi connectivity index (χ3v) is 3.05. The van der Waals surface area contributed by atoms with Crippen molar-refractivity contribution in [2.75, 3.05) is 14.1 Å². The molecule has 0 aliphatic carbocycles. The molecule has 0 amide bonds. The van der Waals surface area contributed by atoms with E-state index in [1.54, 1.807) is 0 Å². The van der Waals surface area contributed by atoms with Crippen LogP contribution in [-0.4, -0.2) is 30.9 Å². The second-order valence-corrected chi connectivity index (χ2v) is 3.85. The molecule has 0 aliphatic rings. The standard InChI is InChI=1S/C10H22N2/c1-7-10(4,9(2)3)12(6)8-11-5/h8-9H,7H2,1-6H3/b11-8+. The largest absolute Gasteiger partial charge is 0.360 e. The maximum absolute atomic E-state index is 4.03. The second kappa shape index (κ2) is 4.48. The number of hydrogen-bond donors (Lipinski definition) is 0. The smallest absolute Gasteiger partial charge is 0.0848 e. The Kier molecular flexibility index (Phi) is 4.29. The van der Waals surface area contributed by atoms with Crippen LogP contribution in [-0.2, 0) is 0 Å². The van der Waals surface area contributed by atoms with Crippen LogP contribution in [0.2, 0.25) is 0 Å². The molecule has 0 heterocycles. The van der Waals surface area contributed by atoms with Crippen molar-refractivity contribution >= 4 is 6.34 Å². The Morgan fingerprint density at radius 3 is 2.25 bits per heavy atom. The SMILES string of the molecule is CCC(C)(C(C)C)N(C)/C=N/C. The Bertz CT molecular complexity index is 152. The van der Waals surface area contributed by atoms with Gasteiger partial charge in [-0.3, -0.25) is 4.99 Å². The van der Waals surface area contributed by atoms with E-state index in [1.165, 1.54) is 0 Å². The maximum atomic E-state index is 4.03. The van der Waals surface area contributed by atoms with E-state index in [0.717, 1.165) is 6.42 Å². The fourth-order valence-corrected chi connectivity index (χ4v) is 1.37. The van der Waals surface area contributed by atoms with Crippen molar-refractivity contribution in [2.45, 2.75) is 39.7 Å². The van der Waals surface area contributed by atoms with Gasteiger partial charge in [0, 0.05) is 19.6 Å². The minimum Gasteiger partial charge on any atom is -0.360 e. The topological polar surface area (TPSA) is 15.6 Å². The van der Waals surface area contributed by atoms with Crippen molar-refractivity contribution in [1.29, 1.82) is 0 Å². The normalized spacial score (nSPS) is 16.9. The lowest BCUT2D eigenvalue weighted by atomic mass is 9.85. The monoisotopic (exact) mass is 170 g/mol. The first-order valence-electron chi connectivity index (χ1n) is 4.64. The van der Waals surface area contributed by atoms with Crippen molar-refractivity contribution in [2.24, 2.45) is 10.9 Å². The van der Waals surface area contributed by atoms with Gasteiger partial charge in [0.25, 0.3) is 0 Å². The summed E-state index contributed by atoms with van der Waals surface area (Å²) < 4.78 is 0. The van der Waals surface area contributed by atoms with Gasteiger partial charge in [-0.25, -0.2) is 0 Å². The highest BCUT2D eigenvalue weighted by Gasteiger charge is 2.29. The van der Waals surface area contributed by atoms with Gasteiger partial charge in [-0.15, -0.1) is 0 Å². The van der Waals surface area contributed by atoms with Crippen LogP contribution in [0.5, 0.6) is 0 Å². The molecule has 2 heteroatoms. The summed E-state index contributed by atoms with van der Waals surface area (Å²) in [5.41, 5.74) is 0.236. The molecule has 0 aromatic rings. The summed E-state index contributed by atoms with van der Waals surface area (Å²) in [5.74, 6) is 0.644. The molecule has 0 spiro atoms. The zero-order valence-electron chi connectivity index (χ0n) is 9.26. The van der Waals surface area contributed by atoms with E-state index in [1.807, 2.05) is 13.4 Å². The third-order valence-electron chi connectivity index (χ3n) is 3.05. The molecule has 0 saturated carbocycles. The highest BCUT2D eigenvalue weighted by molar-refractivity contribution is 5.55. The van der Waals surface area contributed by atoms with E-state index < -0.39 is 0 Å². The van der Waals surface area contributed by atoms with E-state index in [-0.39, 0.29) is 5.54 Å². The molecule has 0 aliphatic heterocycles. The predicted octanol–water partition coefficient (Wildman–Crippen LogP) is 2.40. The molecule has 0 radical (unpaired) electrons. The Morgan fingerprint density at radius 2 is 2.00 bits per heavy atom. The zero-order valence-corrected chi connectivity index (χ0v) is 9.26. The van der Waals surface area contributed by atoms with E-state index in [9.17, 15) is 0 Å². The van der Waals surface area contributed by atoms with Gasteiger partial charge < -0.3 is 4.90 Å². The van der Waals surface area contributed by atoms with Gasteiger partial charge in [-0.2, -0.15) is 0 Å². The summed E-state index contributed by atoms with van der Waals surface area (Å²) in [6.07, 6.45) is 3.05. The molecule has 12 heavy (non-hydrogen) atoms. The molecular weight excluding hydrogens is 148 g/mol. The van der Waals surface area contributed by atoms with E-state index >= 15 is 0 Å². The molecule has 0 rings (SSSR count). The predicted molar refractivity (Wildman–Crippen MR) is 55.7 cm³/mol. The maximum Gasteiger partial charge on any atom is 0.0848 e. The van der Waals surface area contributed by atoms with Gasteiger partial charge in [-0.05, 0) is 19.3 Å². The Morgan fingerprint density at radius 1 is 1.50 bits per heavy atom. The highest BCUT2D eigenvalue weighted by Crippen LogP contribution is 2.25. The van der Waals surface area contributed by atoms with Gasteiger partial charge in [0.15, 0.2) is 0 Å². The summed E-state index contributed by atoms with van der Waals surface area (Å²) in [5, 5.41) is 0. The Hall–Kier alpha value is -0.530. The lowest BCUT2D eigenvalue weighted by Crippen LogP contribution is -2.46. The molecule has 0 saturated heterocycles. The first kappa shape index (κ1) is 11.5. The van der Waals surface area contributed by atoms with E-state index in [2.05, 4.69) is 44.6 Å². The van der Waals surface area contributed by atoms with Crippen LogP contribution in [0.3, 0.4) is 0 Å². The molecule has 1 atom stereocenters.